The highest BCUT2D eigenvalue weighted by molar-refractivity contribution is 7.11. The van der Waals surface area contributed by atoms with Crippen molar-refractivity contribution >= 4 is 11.3 Å². The van der Waals surface area contributed by atoms with Crippen LogP contribution in [0.5, 0.6) is 0 Å². The lowest BCUT2D eigenvalue weighted by Gasteiger charge is -2.00. The quantitative estimate of drug-likeness (QED) is 0.746. The van der Waals surface area contributed by atoms with E-state index < -0.39 is 11.2 Å². The van der Waals surface area contributed by atoms with E-state index in [0.29, 0.717) is 34.4 Å². The summed E-state index contributed by atoms with van der Waals surface area (Å²) in [5.74, 6) is 1.11. The molecule has 3 aromatic heterocycles. The van der Waals surface area contributed by atoms with Crippen molar-refractivity contribution in [3.05, 3.63) is 46.4 Å². The topological polar surface area (TPSA) is 79.4 Å². The molecule has 0 fully saturated rings. The molecule has 3 rings (SSSR count). The van der Waals surface area contributed by atoms with Crippen molar-refractivity contribution in [1.82, 2.24) is 30.5 Å². The third-order valence-electron chi connectivity index (χ3n) is 2.84. The molecular weight excluding hydrogens is 329 g/mol. The van der Waals surface area contributed by atoms with E-state index in [1.807, 2.05) is 6.07 Å². The van der Waals surface area contributed by atoms with Crippen LogP contribution in [0.15, 0.2) is 30.7 Å². The van der Waals surface area contributed by atoms with E-state index in [1.54, 1.807) is 18.5 Å². The first-order valence-electron chi connectivity index (χ1n) is 6.56. The van der Waals surface area contributed by atoms with Crippen molar-refractivity contribution in [2.75, 3.05) is 0 Å². The SMILES string of the molecule is FC(F)(F)c1ncc(CNCc2nc(-c3cccnc3)n[nH]2)s1. The van der Waals surface area contributed by atoms with Gasteiger partial charge in [0.05, 0.1) is 6.54 Å². The van der Waals surface area contributed by atoms with Crippen LogP contribution in [0.1, 0.15) is 15.7 Å². The molecule has 6 nitrogen and oxygen atoms in total. The van der Waals surface area contributed by atoms with E-state index in [9.17, 15) is 13.2 Å². The lowest BCUT2D eigenvalue weighted by Crippen LogP contribution is -2.12. The second-order valence-electron chi connectivity index (χ2n) is 4.58. The molecule has 0 radical (unpaired) electrons. The average molecular weight is 340 g/mol. The first kappa shape index (κ1) is 15.6. The molecule has 0 bridgehead atoms. The van der Waals surface area contributed by atoms with Crippen molar-refractivity contribution < 1.29 is 13.2 Å². The summed E-state index contributed by atoms with van der Waals surface area (Å²) < 4.78 is 37.4. The first-order chi connectivity index (χ1) is 11.0. The number of H-pyrrole nitrogens is 1. The Kier molecular flexibility index (Phi) is 4.35. The van der Waals surface area contributed by atoms with Crippen molar-refractivity contribution in [3.8, 4) is 11.4 Å². The summed E-state index contributed by atoms with van der Waals surface area (Å²) in [4.78, 5) is 12.2. The molecule has 23 heavy (non-hydrogen) atoms. The van der Waals surface area contributed by atoms with Gasteiger partial charge in [0.25, 0.3) is 0 Å². The zero-order valence-electron chi connectivity index (χ0n) is 11.6. The molecule has 0 spiro atoms. The van der Waals surface area contributed by atoms with Crippen LogP contribution < -0.4 is 5.32 Å². The van der Waals surface area contributed by atoms with Gasteiger partial charge < -0.3 is 5.32 Å². The molecule has 3 heterocycles. The Hall–Kier alpha value is -2.33. The van der Waals surface area contributed by atoms with E-state index in [4.69, 9.17) is 0 Å². The highest BCUT2D eigenvalue weighted by Gasteiger charge is 2.34. The highest BCUT2D eigenvalue weighted by atomic mass is 32.1. The van der Waals surface area contributed by atoms with Crippen molar-refractivity contribution in [2.24, 2.45) is 0 Å². The number of hydrogen-bond donors (Lipinski definition) is 2. The molecule has 3 aromatic rings. The fraction of sp³-hybridized carbons (Fsp3) is 0.231. The molecule has 0 aliphatic carbocycles. The molecule has 120 valence electrons. The highest BCUT2D eigenvalue weighted by Crippen LogP contribution is 2.32. The van der Waals surface area contributed by atoms with Gasteiger partial charge in [0.2, 0.25) is 0 Å². The Morgan fingerprint density at radius 2 is 2.09 bits per heavy atom. The summed E-state index contributed by atoms with van der Waals surface area (Å²) >= 11 is 0.624. The molecule has 0 unspecified atom stereocenters. The zero-order chi connectivity index (χ0) is 16.3. The molecule has 0 atom stereocenters. The van der Waals surface area contributed by atoms with E-state index in [1.165, 1.54) is 6.20 Å². The summed E-state index contributed by atoms with van der Waals surface area (Å²) in [5, 5.41) is 9.01. The lowest BCUT2D eigenvalue weighted by molar-refractivity contribution is -0.137. The number of nitrogens with zero attached hydrogens (tertiary/aromatic N) is 4. The summed E-state index contributed by atoms with van der Waals surface area (Å²) in [5.41, 5.74) is 0.785. The monoisotopic (exact) mass is 340 g/mol. The molecule has 0 aliphatic rings. The zero-order valence-corrected chi connectivity index (χ0v) is 12.4. The molecule has 0 amide bonds. The maximum atomic E-state index is 12.5. The number of pyridine rings is 1. The molecule has 0 saturated heterocycles. The van der Waals surface area contributed by atoms with E-state index >= 15 is 0 Å². The Morgan fingerprint density at radius 1 is 1.22 bits per heavy atom. The van der Waals surface area contributed by atoms with Gasteiger partial charge in [-0.1, -0.05) is 0 Å². The summed E-state index contributed by atoms with van der Waals surface area (Å²) in [6.07, 6.45) is 0.133. The Labute approximate surface area is 132 Å². The van der Waals surface area contributed by atoms with Gasteiger partial charge in [0.1, 0.15) is 5.82 Å². The number of halogens is 3. The molecular formula is C13H11F3N6S. The normalized spacial score (nSPS) is 11.8. The Bertz CT molecular complexity index is 767. The smallest absolute Gasteiger partial charge is 0.305 e. The Morgan fingerprint density at radius 3 is 2.78 bits per heavy atom. The summed E-state index contributed by atoms with van der Waals surface area (Å²) in [7, 11) is 0. The van der Waals surface area contributed by atoms with Crippen molar-refractivity contribution in [2.45, 2.75) is 19.3 Å². The average Bonchev–Trinajstić information content (AvgIpc) is 3.17. The number of aromatic amines is 1. The van der Waals surface area contributed by atoms with E-state index in [-0.39, 0.29) is 6.54 Å². The van der Waals surface area contributed by atoms with Crippen molar-refractivity contribution in [1.29, 1.82) is 0 Å². The minimum Gasteiger partial charge on any atom is -0.305 e. The van der Waals surface area contributed by atoms with Crippen LogP contribution in [0, 0.1) is 0 Å². The maximum absolute atomic E-state index is 12.5. The first-order valence-corrected chi connectivity index (χ1v) is 7.38. The van der Waals surface area contributed by atoms with Gasteiger partial charge in [0.15, 0.2) is 10.8 Å². The predicted molar refractivity (Wildman–Crippen MR) is 77.3 cm³/mol. The lowest BCUT2D eigenvalue weighted by atomic mass is 10.3. The fourth-order valence-corrected chi connectivity index (χ4v) is 2.57. The maximum Gasteiger partial charge on any atom is 0.443 e. The molecule has 0 aliphatic heterocycles. The van der Waals surface area contributed by atoms with Gasteiger partial charge in [-0.2, -0.15) is 18.3 Å². The van der Waals surface area contributed by atoms with E-state index in [2.05, 4.69) is 30.5 Å². The minimum absolute atomic E-state index is 0.274. The summed E-state index contributed by atoms with van der Waals surface area (Å²) in [6, 6.07) is 3.62. The molecule has 10 heteroatoms. The van der Waals surface area contributed by atoms with Gasteiger partial charge in [-0.3, -0.25) is 10.1 Å². The van der Waals surface area contributed by atoms with Gasteiger partial charge in [-0.05, 0) is 12.1 Å². The van der Waals surface area contributed by atoms with Crippen molar-refractivity contribution in [3.63, 3.8) is 0 Å². The van der Waals surface area contributed by atoms with Gasteiger partial charge in [0, 0.05) is 35.6 Å². The third kappa shape index (κ3) is 3.90. The standard InChI is InChI=1S/C13H11F3N6S/c14-13(15,16)12-19-6-9(23-12)5-18-7-10-20-11(22-21-10)8-2-1-3-17-4-8/h1-4,6,18H,5,7H2,(H,20,21,22). The second-order valence-corrected chi connectivity index (χ2v) is 5.70. The van der Waals surface area contributed by atoms with Gasteiger partial charge in [-0.25, -0.2) is 9.97 Å². The number of rotatable bonds is 5. The number of alkyl halides is 3. The summed E-state index contributed by atoms with van der Waals surface area (Å²) in [6.45, 7) is 0.628. The fourth-order valence-electron chi connectivity index (χ4n) is 1.82. The largest absolute Gasteiger partial charge is 0.443 e. The van der Waals surface area contributed by atoms with E-state index in [0.717, 1.165) is 5.56 Å². The second kappa shape index (κ2) is 6.42. The predicted octanol–water partition coefficient (Wildman–Crippen LogP) is 2.63. The van der Waals surface area contributed by atoms with Crippen LogP contribution in [0.25, 0.3) is 11.4 Å². The Balaban J connectivity index is 1.55. The van der Waals surface area contributed by atoms with Crippen LogP contribution in [0.2, 0.25) is 0 Å². The number of nitrogens with one attached hydrogen (secondary N) is 2. The minimum atomic E-state index is -4.40. The molecule has 2 N–H and O–H groups in total. The van der Waals surface area contributed by atoms with Crippen LogP contribution >= 0.6 is 11.3 Å². The third-order valence-corrected chi connectivity index (χ3v) is 3.88. The molecule has 0 saturated carbocycles. The van der Waals surface area contributed by atoms with Crippen LogP contribution in [0.4, 0.5) is 13.2 Å². The van der Waals surface area contributed by atoms with Crippen LogP contribution in [-0.4, -0.2) is 25.1 Å². The van der Waals surface area contributed by atoms with Gasteiger partial charge in [-0.15, -0.1) is 11.3 Å². The van der Waals surface area contributed by atoms with Crippen LogP contribution in [-0.2, 0) is 19.3 Å². The number of aromatic nitrogens is 5. The number of hydrogen-bond acceptors (Lipinski definition) is 6. The molecule has 0 aromatic carbocycles. The number of thiazole rings is 1. The van der Waals surface area contributed by atoms with Crippen LogP contribution in [0.3, 0.4) is 0 Å². The van der Waals surface area contributed by atoms with Gasteiger partial charge >= 0.3 is 6.18 Å².